The summed E-state index contributed by atoms with van der Waals surface area (Å²) in [5.74, 6) is -0.0366. The van der Waals surface area contributed by atoms with Crippen LogP contribution in [0.25, 0.3) is 0 Å². The molecule has 0 fully saturated rings. The van der Waals surface area contributed by atoms with Gasteiger partial charge < -0.3 is 5.11 Å². The maximum Gasteiger partial charge on any atom is 0.306 e. The fourth-order valence-electron chi connectivity index (χ4n) is 1.51. The molecule has 2 heteroatoms. The molecule has 0 aliphatic carbocycles. The Labute approximate surface area is 81.3 Å². The highest BCUT2D eigenvalue weighted by molar-refractivity contribution is 5.69. The molecule has 0 aromatic rings. The average Bonchev–Trinajstić information content (AvgIpc) is 2.02. The number of carboxylic acids is 1. The molecule has 0 heterocycles. The molecular weight excluding hydrogens is 164 g/mol. The predicted octanol–water partition coefficient (Wildman–Crippen LogP) is 3.31. The number of hydrogen-bond donors (Lipinski definition) is 1. The van der Waals surface area contributed by atoms with Gasteiger partial charge in [0.1, 0.15) is 0 Å². The van der Waals surface area contributed by atoms with E-state index in [1.807, 2.05) is 6.92 Å². The van der Waals surface area contributed by atoms with Crippen molar-refractivity contribution in [3.05, 3.63) is 0 Å². The van der Waals surface area contributed by atoms with Gasteiger partial charge in [0.05, 0.1) is 5.92 Å². The van der Waals surface area contributed by atoms with E-state index in [1.54, 1.807) is 0 Å². The van der Waals surface area contributed by atoms with Gasteiger partial charge in [-0.2, -0.15) is 0 Å². The van der Waals surface area contributed by atoms with Crippen LogP contribution in [0.4, 0.5) is 0 Å². The van der Waals surface area contributed by atoms with Crippen LogP contribution in [-0.2, 0) is 4.79 Å². The second-order valence-electron chi connectivity index (χ2n) is 4.15. The van der Waals surface area contributed by atoms with Crippen LogP contribution >= 0.6 is 0 Å². The number of hydrogen-bond acceptors (Lipinski definition) is 1. The number of rotatable bonds is 7. The van der Waals surface area contributed by atoms with Crippen molar-refractivity contribution in [2.75, 3.05) is 0 Å². The van der Waals surface area contributed by atoms with E-state index in [2.05, 4.69) is 13.8 Å². The zero-order valence-electron chi connectivity index (χ0n) is 9.05. The van der Waals surface area contributed by atoms with Crippen LogP contribution in [-0.4, -0.2) is 11.1 Å². The average molecular weight is 186 g/mol. The van der Waals surface area contributed by atoms with Gasteiger partial charge in [-0.25, -0.2) is 0 Å². The van der Waals surface area contributed by atoms with Crippen molar-refractivity contribution in [1.82, 2.24) is 0 Å². The zero-order valence-corrected chi connectivity index (χ0v) is 9.05. The predicted molar refractivity (Wildman–Crippen MR) is 54.7 cm³/mol. The molecule has 0 rings (SSSR count). The summed E-state index contributed by atoms with van der Waals surface area (Å²) in [4.78, 5) is 10.8. The summed E-state index contributed by atoms with van der Waals surface area (Å²) in [6, 6.07) is 0. The lowest BCUT2D eigenvalue weighted by molar-refractivity contribution is -0.142. The Morgan fingerprint density at radius 2 is 1.85 bits per heavy atom. The summed E-state index contributed by atoms with van der Waals surface area (Å²) in [5.41, 5.74) is 0. The smallest absolute Gasteiger partial charge is 0.306 e. The van der Waals surface area contributed by atoms with Crippen molar-refractivity contribution >= 4 is 5.97 Å². The van der Waals surface area contributed by atoms with Gasteiger partial charge in [-0.1, -0.05) is 40.0 Å². The third-order valence-corrected chi connectivity index (χ3v) is 2.32. The van der Waals surface area contributed by atoms with Gasteiger partial charge in [0, 0.05) is 0 Å². The lowest BCUT2D eigenvalue weighted by Gasteiger charge is -2.11. The molecule has 1 unspecified atom stereocenters. The molecule has 0 saturated heterocycles. The van der Waals surface area contributed by atoms with E-state index in [0.29, 0.717) is 5.92 Å². The summed E-state index contributed by atoms with van der Waals surface area (Å²) in [7, 11) is 0. The molecule has 0 aromatic heterocycles. The first kappa shape index (κ1) is 12.5. The van der Waals surface area contributed by atoms with Crippen molar-refractivity contribution in [3.63, 3.8) is 0 Å². The Bertz CT molecular complexity index is 141. The Morgan fingerprint density at radius 3 is 2.23 bits per heavy atom. The summed E-state index contributed by atoms with van der Waals surface area (Å²) in [6.07, 6.45) is 4.84. The Balaban J connectivity index is 3.63. The molecule has 1 N–H and O–H groups in total. The Hall–Kier alpha value is -0.530. The molecule has 0 spiro atoms. The molecule has 0 saturated carbocycles. The van der Waals surface area contributed by atoms with E-state index in [-0.39, 0.29) is 5.92 Å². The van der Waals surface area contributed by atoms with Gasteiger partial charge in [0.2, 0.25) is 0 Å². The molecule has 0 amide bonds. The van der Waals surface area contributed by atoms with E-state index in [9.17, 15) is 4.79 Å². The minimum Gasteiger partial charge on any atom is -0.481 e. The van der Waals surface area contributed by atoms with Crippen LogP contribution in [0.5, 0.6) is 0 Å². The van der Waals surface area contributed by atoms with E-state index in [1.165, 1.54) is 0 Å². The molecule has 0 aliphatic heterocycles. The van der Waals surface area contributed by atoms with E-state index < -0.39 is 5.97 Å². The van der Waals surface area contributed by atoms with Crippen molar-refractivity contribution in [2.45, 2.75) is 52.9 Å². The fraction of sp³-hybridized carbons (Fsp3) is 0.909. The van der Waals surface area contributed by atoms with Gasteiger partial charge in [0.25, 0.3) is 0 Å². The fourth-order valence-corrected chi connectivity index (χ4v) is 1.51. The van der Waals surface area contributed by atoms with Crippen LogP contribution in [0.15, 0.2) is 0 Å². The normalized spacial score (nSPS) is 13.2. The molecule has 2 nitrogen and oxygen atoms in total. The van der Waals surface area contributed by atoms with Crippen LogP contribution in [0.3, 0.4) is 0 Å². The lowest BCUT2D eigenvalue weighted by Crippen LogP contribution is -2.13. The first-order chi connectivity index (χ1) is 6.07. The van der Waals surface area contributed by atoms with Crippen LogP contribution in [0.1, 0.15) is 52.9 Å². The largest absolute Gasteiger partial charge is 0.481 e. The second kappa shape index (κ2) is 6.93. The maximum absolute atomic E-state index is 10.8. The topological polar surface area (TPSA) is 37.3 Å². The summed E-state index contributed by atoms with van der Waals surface area (Å²) in [6.45, 7) is 6.39. The molecule has 13 heavy (non-hydrogen) atoms. The third kappa shape index (κ3) is 6.62. The summed E-state index contributed by atoms with van der Waals surface area (Å²) < 4.78 is 0. The molecule has 1 atom stereocenters. The van der Waals surface area contributed by atoms with Crippen LogP contribution in [0.2, 0.25) is 0 Å². The minimum absolute atomic E-state index is 0.108. The monoisotopic (exact) mass is 186 g/mol. The number of carboxylic acid groups (broad SMARTS) is 1. The number of carbonyl (C=O) groups is 1. The molecule has 78 valence electrons. The lowest BCUT2D eigenvalue weighted by atomic mass is 9.95. The highest BCUT2D eigenvalue weighted by atomic mass is 16.4. The van der Waals surface area contributed by atoms with Crippen LogP contribution < -0.4 is 0 Å². The summed E-state index contributed by atoms with van der Waals surface area (Å²) in [5, 5.41) is 8.87. The third-order valence-electron chi connectivity index (χ3n) is 2.32. The standard InChI is InChI=1S/C11H22O2/c1-4-6-10(11(12)13)8-5-7-9(2)3/h9-10H,4-8H2,1-3H3,(H,12,13). The van der Waals surface area contributed by atoms with Gasteiger partial charge in [-0.05, 0) is 18.8 Å². The van der Waals surface area contributed by atoms with Crippen molar-refractivity contribution in [3.8, 4) is 0 Å². The summed E-state index contributed by atoms with van der Waals surface area (Å²) >= 11 is 0. The first-order valence-electron chi connectivity index (χ1n) is 5.30. The quantitative estimate of drug-likeness (QED) is 0.662. The number of aliphatic carboxylic acids is 1. The Morgan fingerprint density at radius 1 is 1.23 bits per heavy atom. The molecule has 0 radical (unpaired) electrons. The first-order valence-corrected chi connectivity index (χ1v) is 5.30. The second-order valence-corrected chi connectivity index (χ2v) is 4.15. The van der Waals surface area contributed by atoms with Crippen molar-refractivity contribution in [1.29, 1.82) is 0 Å². The Kier molecular flexibility index (Phi) is 6.65. The van der Waals surface area contributed by atoms with E-state index >= 15 is 0 Å². The molecule has 0 aliphatic rings. The van der Waals surface area contributed by atoms with Crippen LogP contribution in [0, 0.1) is 11.8 Å². The minimum atomic E-state index is -0.620. The highest BCUT2D eigenvalue weighted by Crippen LogP contribution is 2.17. The molecule has 0 bridgehead atoms. The van der Waals surface area contributed by atoms with E-state index in [0.717, 1.165) is 32.1 Å². The van der Waals surface area contributed by atoms with Gasteiger partial charge in [-0.3, -0.25) is 4.79 Å². The van der Waals surface area contributed by atoms with E-state index in [4.69, 9.17) is 5.11 Å². The molecular formula is C11H22O2. The highest BCUT2D eigenvalue weighted by Gasteiger charge is 2.15. The maximum atomic E-state index is 10.8. The van der Waals surface area contributed by atoms with Crippen molar-refractivity contribution in [2.24, 2.45) is 11.8 Å². The van der Waals surface area contributed by atoms with Gasteiger partial charge in [0.15, 0.2) is 0 Å². The van der Waals surface area contributed by atoms with Gasteiger partial charge in [-0.15, -0.1) is 0 Å². The SMILES string of the molecule is CCCC(CCCC(C)C)C(=O)O. The molecule has 0 aromatic carbocycles. The zero-order chi connectivity index (χ0) is 10.3. The van der Waals surface area contributed by atoms with Crippen molar-refractivity contribution < 1.29 is 9.90 Å². The van der Waals surface area contributed by atoms with Gasteiger partial charge >= 0.3 is 5.97 Å².